The van der Waals surface area contributed by atoms with Crippen molar-refractivity contribution >= 4 is 11.9 Å². The van der Waals surface area contributed by atoms with Gasteiger partial charge in [0.1, 0.15) is 22.8 Å². The van der Waals surface area contributed by atoms with Gasteiger partial charge < -0.3 is 19.4 Å². The Hall–Kier alpha value is -2.86. The highest BCUT2D eigenvalue weighted by Crippen LogP contribution is 2.17. The third-order valence-corrected chi connectivity index (χ3v) is 3.16. The normalized spacial score (nSPS) is 10.9. The van der Waals surface area contributed by atoms with Crippen molar-refractivity contribution in [3.05, 3.63) is 63.7 Å². The van der Waals surface area contributed by atoms with Crippen LogP contribution >= 0.6 is 0 Å². The zero-order chi connectivity index (χ0) is 17.5. The van der Waals surface area contributed by atoms with Gasteiger partial charge in [-0.2, -0.15) is 0 Å². The Kier molecular flexibility index (Phi) is 5.92. The largest absolute Gasteiger partial charge is 0.507 e. The second kappa shape index (κ2) is 8.12. The number of ether oxygens (including phenoxy) is 1. The third kappa shape index (κ3) is 4.57. The predicted molar refractivity (Wildman–Crippen MR) is 88.4 cm³/mol. The van der Waals surface area contributed by atoms with Gasteiger partial charge in [-0.25, -0.2) is 4.79 Å². The number of aryl methyl sites for hydroxylation is 1. The molecule has 0 amide bonds. The molecule has 0 aliphatic carbocycles. The second-order valence-corrected chi connectivity index (χ2v) is 5.10. The Morgan fingerprint density at radius 3 is 2.83 bits per heavy atom. The lowest BCUT2D eigenvalue weighted by Gasteiger charge is -2.05. The van der Waals surface area contributed by atoms with Crippen LogP contribution in [-0.4, -0.2) is 29.2 Å². The van der Waals surface area contributed by atoms with Crippen LogP contribution in [0.3, 0.4) is 0 Å². The van der Waals surface area contributed by atoms with E-state index in [1.165, 1.54) is 25.1 Å². The zero-order valence-electron chi connectivity index (χ0n) is 13.2. The SMILES string of the molecule is Cc1cc(O)c(C(=O)/C=C/c2cccc(OCCCO)c2)c(=O)o1. The molecule has 2 aromatic rings. The summed E-state index contributed by atoms with van der Waals surface area (Å²) in [5, 5.41) is 18.5. The number of rotatable bonds is 7. The number of carbonyl (C=O) groups excluding carboxylic acids is 1. The highest BCUT2D eigenvalue weighted by atomic mass is 16.5. The summed E-state index contributed by atoms with van der Waals surface area (Å²) in [6, 6.07) is 8.23. The van der Waals surface area contributed by atoms with Crippen molar-refractivity contribution in [2.24, 2.45) is 0 Å². The van der Waals surface area contributed by atoms with Crippen molar-refractivity contribution < 1.29 is 24.2 Å². The van der Waals surface area contributed by atoms with Crippen LogP contribution in [-0.2, 0) is 0 Å². The predicted octanol–water partition coefficient (Wildman–Crippen LogP) is 2.31. The molecular weight excluding hydrogens is 312 g/mol. The Labute approximate surface area is 138 Å². The molecule has 126 valence electrons. The molecule has 0 bridgehead atoms. The molecule has 6 heteroatoms. The summed E-state index contributed by atoms with van der Waals surface area (Å²) in [7, 11) is 0. The first-order valence-electron chi connectivity index (χ1n) is 7.41. The summed E-state index contributed by atoms with van der Waals surface area (Å²) in [5.74, 6) is -0.214. The van der Waals surface area contributed by atoms with Crippen LogP contribution in [0.25, 0.3) is 6.08 Å². The first-order chi connectivity index (χ1) is 11.5. The van der Waals surface area contributed by atoms with Crippen molar-refractivity contribution in [3.8, 4) is 11.5 Å². The van der Waals surface area contributed by atoms with Crippen molar-refractivity contribution in [1.29, 1.82) is 0 Å². The summed E-state index contributed by atoms with van der Waals surface area (Å²) >= 11 is 0. The average Bonchev–Trinajstić information content (AvgIpc) is 2.52. The number of ketones is 1. The smallest absolute Gasteiger partial charge is 0.351 e. The minimum Gasteiger partial charge on any atom is -0.507 e. The standard InChI is InChI=1S/C18H18O6/c1-12-10-16(21)17(18(22)24-12)15(20)7-6-13-4-2-5-14(11-13)23-9-3-8-19/h2,4-7,10-11,19,21H,3,8-9H2,1H3/b7-6+. The lowest BCUT2D eigenvalue weighted by molar-refractivity contribution is 0.104. The molecule has 0 unspecified atom stereocenters. The van der Waals surface area contributed by atoms with E-state index < -0.39 is 22.7 Å². The second-order valence-electron chi connectivity index (χ2n) is 5.10. The first-order valence-corrected chi connectivity index (χ1v) is 7.41. The highest BCUT2D eigenvalue weighted by Gasteiger charge is 2.15. The molecule has 0 atom stereocenters. The fraction of sp³-hybridized carbons (Fsp3) is 0.222. The average molecular weight is 330 g/mol. The number of aliphatic hydroxyl groups excluding tert-OH is 1. The van der Waals surface area contributed by atoms with Gasteiger partial charge in [0, 0.05) is 19.1 Å². The summed E-state index contributed by atoms with van der Waals surface area (Å²) < 4.78 is 10.3. The number of carbonyl (C=O) groups is 1. The number of hydrogen-bond acceptors (Lipinski definition) is 6. The van der Waals surface area contributed by atoms with Gasteiger partial charge in [-0.1, -0.05) is 18.2 Å². The van der Waals surface area contributed by atoms with E-state index in [1.54, 1.807) is 24.3 Å². The molecule has 1 aromatic carbocycles. The molecule has 0 fully saturated rings. The van der Waals surface area contributed by atoms with Crippen LogP contribution < -0.4 is 10.4 Å². The van der Waals surface area contributed by atoms with E-state index in [2.05, 4.69) is 0 Å². The number of allylic oxidation sites excluding steroid dienone is 1. The zero-order valence-corrected chi connectivity index (χ0v) is 13.2. The molecule has 0 spiro atoms. The Morgan fingerprint density at radius 2 is 2.12 bits per heavy atom. The van der Waals surface area contributed by atoms with Gasteiger partial charge >= 0.3 is 5.63 Å². The molecule has 0 aliphatic heterocycles. The monoisotopic (exact) mass is 330 g/mol. The fourth-order valence-electron chi connectivity index (χ4n) is 2.04. The van der Waals surface area contributed by atoms with E-state index in [0.29, 0.717) is 24.3 Å². The number of aromatic hydroxyl groups is 1. The van der Waals surface area contributed by atoms with E-state index in [0.717, 1.165) is 0 Å². The van der Waals surface area contributed by atoms with Crippen molar-refractivity contribution in [1.82, 2.24) is 0 Å². The summed E-state index contributed by atoms with van der Waals surface area (Å²) in [4.78, 5) is 23.8. The molecule has 0 saturated carbocycles. The lowest BCUT2D eigenvalue weighted by atomic mass is 10.1. The molecule has 6 nitrogen and oxygen atoms in total. The maximum Gasteiger partial charge on any atom is 0.351 e. The van der Waals surface area contributed by atoms with Gasteiger partial charge in [0.05, 0.1) is 6.61 Å². The van der Waals surface area contributed by atoms with Crippen LogP contribution in [0.4, 0.5) is 0 Å². The molecule has 2 N–H and O–H groups in total. The maximum atomic E-state index is 12.1. The van der Waals surface area contributed by atoms with Crippen LogP contribution in [0.5, 0.6) is 11.5 Å². The van der Waals surface area contributed by atoms with E-state index in [1.807, 2.05) is 0 Å². The summed E-state index contributed by atoms with van der Waals surface area (Å²) in [6.07, 6.45) is 3.23. The summed E-state index contributed by atoms with van der Waals surface area (Å²) in [6.45, 7) is 1.95. The quantitative estimate of drug-likeness (QED) is 0.459. The third-order valence-electron chi connectivity index (χ3n) is 3.16. The van der Waals surface area contributed by atoms with Gasteiger partial charge in [0.2, 0.25) is 0 Å². The molecular formula is C18H18O6. The molecule has 24 heavy (non-hydrogen) atoms. The summed E-state index contributed by atoms with van der Waals surface area (Å²) in [5.41, 5.74) is -0.573. The van der Waals surface area contributed by atoms with E-state index >= 15 is 0 Å². The van der Waals surface area contributed by atoms with Gasteiger partial charge in [-0.05, 0) is 30.7 Å². The molecule has 0 radical (unpaired) electrons. The maximum absolute atomic E-state index is 12.1. The molecule has 0 aliphatic rings. The van der Waals surface area contributed by atoms with Gasteiger partial charge in [-0.15, -0.1) is 0 Å². The number of hydrogen-bond donors (Lipinski definition) is 2. The number of benzene rings is 1. The Bertz CT molecular complexity index is 803. The Morgan fingerprint density at radius 1 is 1.33 bits per heavy atom. The fourth-order valence-corrected chi connectivity index (χ4v) is 2.04. The Balaban J connectivity index is 2.15. The molecule has 0 saturated heterocycles. The minimum absolute atomic E-state index is 0.0523. The molecule has 2 rings (SSSR count). The van der Waals surface area contributed by atoms with Crippen molar-refractivity contribution in [2.45, 2.75) is 13.3 Å². The molecule has 1 heterocycles. The van der Waals surface area contributed by atoms with Crippen molar-refractivity contribution in [3.63, 3.8) is 0 Å². The minimum atomic E-state index is -0.872. The van der Waals surface area contributed by atoms with Gasteiger partial charge in [0.25, 0.3) is 0 Å². The topological polar surface area (TPSA) is 97.0 Å². The number of aliphatic hydroxyl groups is 1. The van der Waals surface area contributed by atoms with E-state index in [-0.39, 0.29) is 12.4 Å². The van der Waals surface area contributed by atoms with E-state index in [4.69, 9.17) is 14.3 Å². The lowest BCUT2D eigenvalue weighted by Crippen LogP contribution is -2.12. The van der Waals surface area contributed by atoms with Crippen molar-refractivity contribution in [2.75, 3.05) is 13.2 Å². The van der Waals surface area contributed by atoms with Gasteiger partial charge in [0.15, 0.2) is 5.78 Å². The van der Waals surface area contributed by atoms with E-state index in [9.17, 15) is 14.7 Å². The van der Waals surface area contributed by atoms with Crippen LogP contribution in [0.2, 0.25) is 0 Å². The molecule has 1 aromatic heterocycles. The highest BCUT2D eigenvalue weighted by molar-refractivity contribution is 6.08. The van der Waals surface area contributed by atoms with Gasteiger partial charge in [-0.3, -0.25) is 4.79 Å². The van der Waals surface area contributed by atoms with Crippen LogP contribution in [0, 0.1) is 6.92 Å². The first kappa shape index (κ1) is 17.5. The van der Waals surface area contributed by atoms with Crippen LogP contribution in [0.1, 0.15) is 28.1 Å². The van der Waals surface area contributed by atoms with Crippen LogP contribution in [0.15, 0.2) is 45.6 Å².